The molecule has 0 spiro atoms. The lowest BCUT2D eigenvalue weighted by Gasteiger charge is -2.08. The fourth-order valence-electron chi connectivity index (χ4n) is 1.08. The molecule has 77 valence electrons. The first kappa shape index (κ1) is 11.5. The summed E-state index contributed by atoms with van der Waals surface area (Å²) in [5.41, 5.74) is 6.90. The Morgan fingerprint density at radius 3 is 3.00 bits per heavy atom. The van der Waals surface area contributed by atoms with Crippen molar-refractivity contribution in [3.63, 3.8) is 0 Å². The number of hydrogen-bond acceptors (Lipinski definition) is 4. The minimum absolute atomic E-state index is 0.0979. The second kappa shape index (κ2) is 5.31. The van der Waals surface area contributed by atoms with E-state index in [0.29, 0.717) is 17.0 Å². The van der Waals surface area contributed by atoms with Crippen LogP contribution in [0.2, 0.25) is 0 Å². The van der Waals surface area contributed by atoms with E-state index in [2.05, 4.69) is 10.3 Å². The van der Waals surface area contributed by atoms with Crippen molar-refractivity contribution in [2.75, 3.05) is 13.6 Å². The highest BCUT2D eigenvalue weighted by atomic mass is 16.1. The minimum Gasteiger partial charge on any atom is -0.553 e. The van der Waals surface area contributed by atoms with Crippen LogP contribution in [0.4, 0.5) is 0 Å². The zero-order chi connectivity index (χ0) is 11.3. The lowest BCUT2D eigenvalue weighted by atomic mass is 10.0. The third-order valence-corrected chi connectivity index (χ3v) is 1.73. The number of pyridine rings is 1. The third kappa shape index (κ3) is 3.55. The Morgan fingerprint density at radius 1 is 1.67 bits per heavy atom. The number of rotatable bonds is 4. The van der Waals surface area contributed by atoms with E-state index in [-0.39, 0.29) is 12.3 Å². The van der Waals surface area contributed by atoms with Crippen molar-refractivity contribution >= 4 is 24.9 Å². The highest BCUT2D eigenvalue weighted by Crippen LogP contribution is 2.02. The molecule has 0 amide bonds. The largest absolute Gasteiger partial charge is 0.553 e. The van der Waals surface area contributed by atoms with E-state index in [0.717, 1.165) is 0 Å². The number of aromatic nitrogens is 1. The monoisotopic (exact) mass is 201 g/mol. The van der Waals surface area contributed by atoms with Crippen molar-refractivity contribution in [2.24, 2.45) is 5.73 Å². The van der Waals surface area contributed by atoms with Gasteiger partial charge in [0.05, 0.1) is 17.9 Å². The first-order chi connectivity index (χ1) is 7.13. The van der Waals surface area contributed by atoms with Gasteiger partial charge in [-0.3, -0.25) is 4.79 Å². The fraction of sp³-hybridized carbons (Fsp3) is 0.200. The molecule has 15 heavy (non-hydrogen) atoms. The topological polar surface area (TPSA) is 68.0 Å². The zero-order valence-electron chi connectivity index (χ0n) is 8.53. The smallest absolute Gasteiger partial charge is 0.171 e. The molecule has 3 radical (unpaired) electrons. The molecule has 0 unspecified atom stereocenters. The van der Waals surface area contributed by atoms with Gasteiger partial charge in [-0.15, -0.1) is 0 Å². The van der Waals surface area contributed by atoms with Gasteiger partial charge in [-0.05, 0) is 13.1 Å². The van der Waals surface area contributed by atoms with Crippen LogP contribution in [0.25, 0.3) is 5.70 Å². The maximum Gasteiger partial charge on any atom is 0.171 e. The van der Waals surface area contributed by atoms with Crippen LogP contribution in [0.15, 0.2) is 24.3 Å². The van der Waals surface area contributed by atoms with E-state index in [1.54, 1.807) is 25.2 Å². The van der Waals surface area contributed by atoms with E-state index in [1.807, 2.05) is 0 Å². The molecule has 0 aliphatic rings. The number of nitrogens with two attached hydrogens (primary N) is 1. The first-order valence-corrected chi connectivity index (χ1v) is 4.51. The second-order valence-electron chi connectivity index (χ2n) is 3.04. The molecule has 3 N–H and O–H groups in total. The fourth-order valence-corrected chi connectivity index (χ4v) is 1.08. The van der Waals surface area contributed by atoms with Crippen LogP contribution in [0.3, 0.4) is 0 Å². The Hall–Kier alpha value is -1.62. The van der Waals surface area contributed by atoms with Gasteiger partial charge in [0.25, 0.3) is 0 Å². The number of likely N-dealkylation sites (N-methyl/N-ethyl adjacent to an activating group) is 1. The normalized spacial score (nSPS) is 11.5. The quantitative estimate of drug-likeness (QED) is 0.482. The van der Waals surface area contributed by atoms with Gasteiger partial charge in [-0.1, -0.05) is 12.1 Å². The summed E-state index contributed by atoms with van der Waals surface area (Å²) in [7, 11) is 7.19. The van der Waals surface area contributed by atoms with Gasteiger partial charge in [-0.25, -0.2) is 5.59 Å². The molecule has 0 saturated heterocycles. The second-order valence-corrected chi connectivity index (χ2v) is 3.04. The molecule has 0 aromatic carbocycles. The molecule has 0 bridgehead atoms. The summed E-state index contributed by atoms with van der Waals surface area (Å²) in [4.78, 5) is 15.2. The number of carbonyl (C=O) groups excluding carboxylic acids is 1. The number of nitrogens with one attached hydrogen (secondary N) is 1. The molecule has 5 heteroatoms. The van der Waals surface area contributed by atoms with Crippen molar-refractivity contribution in [1.82, 2.24) is 10.3 Å². The molecule has 1 heterocycles. The predicted octanol–water partition coefficient (Wildman–Crippen LogP) is -1.04. The van der Waals surface area contributed by atoms with Crippen LogP contribution in [0.1, 0.15) is 5.69 Å². The molecule has 0 atom stereocenters. The number of carbonyl (C=O) groups is 1. The number of ketones is 1. The molecule has 1 rings (SSSR count). The van der Waals surface area contributed by atoms with Crippen molar-refractivity contribution in [3.8, 4) is 0 Å². The lowest BCUT2D eigenvalue weighted by Crippen LogP contribution is -2.18. The molecule has 4 nitrogen and oxygen atoms in total. The predicted molar refractivity (Wildman–Crippen MR) is 60.7 cm³/mol. The average Bonchev–Trinajstić information content (AvgIpc) is 2.18. The zero-order valence-corrected chi connectivity index (χ0v) is 8.53. The van der Waals surface area contributed by atoms with Crippen molar-refractivity contribution < 1.29 is 4.79 Å². The number of hydrogen-bond donors (Lipinski definition) is 2. The number of nitrogens with zero attached hydrogens (tertiary/aromatic N) is 1. The molecular formula is C10H12BN3O-. The third-order valence-electron chi connectivity index (χ3n) is 1.73. The molecule has 0 aliphatic heterocycles. The van der Waals surface area contributed by atoms with Gasteiger partial charge in [0.2, 0.25) is 0 Å². The van der Waals surface area contributed by atoms with E-state index in [4.69, 9.17) is 13.6 Å². The van der Waals surface area contributed by atoms with E-state index in [1.165, 1.54) is 6.08 Å². The summed E-state index contributed by atoms with van der Waals surface area (Å²) >= 11 is 0. The van der Waals surface area contributed by atoms with Gasteiger partial charge in [0, 0.05) is 6.08 Å². The summed E-state index contributed by atoms with van der Waals surface area (Å²) in [6, 6.07) is 5.10. The van der Waals surface area contributed by atoms with Gasteiger partial charge in [-0.2, -0.15) is 0 Å². The van der Waals surface area contributed by atoms with Crippen LogP contribution in [0, 0.1) is 0 Å². The maximum atomic E-state index is 11.2. The van der Waals surface area contributed by atoms with Gasteiger partial charge in [0.1, 0.15) is 0 Å². The van der Waals surface area contributed by atoms with Gasteiger partial charge >= 0.3 is 0 Å². The maximum absolute atomic E-state index is 11.2. The highest BCUT2D eigenvalue weighted by molar-refractivity contribution is 6.30. The van der Waals surface area contributed by atoms with Crippen LogP contribution < -0.4 is 16.6 Å². The minimum atomic E-state index is -0.0979. The van der Waals surface area contributed by atoms with Gasteiger partial charge in [0.15, 0.2) is 5.78 Å². The van der Waals surface area contributed by atoms with E-state index in [9.17, 15) is 4.79 Å². The van der Waals surface area contributed by atoms with Crippen LogP contribution in [0.5, 0.6) is 0 Å². The van der Waals surface area contributed by atoms with E-state index < -0.39 is 0 Å². The Bertz CT molecular complexity index is 390. The molecule has 0 saturated carbocycles. The van der Waals surface area contributed by atoms with Crippen LogP contribution in [-0.2, 0) is 4.79 Å². The average molecular weight is 201 g/mol. The molecule has 1 aromatic heterocycles. The van der Waals surface area contributed by atoms with Crippen molar-refractivity contribution in [1.29, 1.82) is 0 Å². The lowest BCUT2D eigenvalue weighted by molar-refractivity contribution is -0.113. The summed E-state index contributed by atoms with van der Waals surface area (Å²) in [5.74, 6) is -0.0979. The van der Waals surface area contributed by atoms with Crippen molar-refractivity contribution in [2.45, 2.75) is 0 Å². The molecule has 0 fully saturated rings. The summed E-state index contributed by atoms with van der Waals surface area (Å²) < 4.78 is 0. The van der Waals surface area contributed by atoms with Crippen LogP contribution in [-0.4, -0.2) is 32.2 Å². The molecule has 1 aromatic rings. The molecule has 0 aliphatic carbocycles. The Labute approximate surface area is 90.0 Å². The van der Waals surface area contributed by atoms with Gasteiger partial charge < -0.3 is 23.9 Å². The summed E-state index contributed by atoms with van der Waals surface area (Å²) in [6.07, 6.45) is 1.35. The SMILES string of the molecule is [B-]c1cccc(C(N)=CC(=O)CNC)n1. The molecular weight excluding hydrogens is 189 g/mol. The Kier molecular flexibility index (Phi) is 4.06. The highest BCUT2D eigenvalue weighted by Gasteiger charge is 2.00. The van der Waals surface area contributed by atoms with Crippen molar-refractivity contribution in [3.05, 3.63) is 30.0 Å². The van der Waals surface area contributed by atoms with E-state index >= 15 is 0 Å². The summed E-state index contributed by atoms with van der Waals surface area (Å²) in [5, 5.41) is 2.74. The standard InChI is InChI=1S/C10H12BN3O/c1-13-6-7(15)5-8(12)9-3-2-4-10(11)14-9/h2-5,13H,6,12H2,1H3/q-1. The Balaban J connectivity index is 2.84. The summed E-state index contributed by atoms with van der Waals surface area (Å²) in [6.45, 7) is 0.253. The Morgan fingerprint density at radius 2 is 2.40 bits per heavy atom. The first-order valence-electron chi connectivity index (χ1n) is 4.51. The van der Waals surface area contributed by atoms with Crippen LogP contribution >= 0.6 is 0 Å².